The van der Waals surface area contributed by atoms with E-state index in [4.69, 9.17) is 4.84 Å². The predicted octanol–water partition coefficient (Wildman–Crippen LogP) is 1.22. The van der Waals surface area contributed by atoms with E-state index in [1.54, 1.807) is 31.2 Å². The van der Waals surface area contributed by atoms with Gasteiger partial charge in [-0.25, -0.2) is 13.9 Å². The van der Waals surface area contributed by atoms with E-state index in [-0.39, 0.29) is 4.90 Å². The first-order chi connectivity index (χ1) is 9.96. The number of carbonyl (C=O) groups excluding carboxylic acids is 1. The molecule has 1 aromatic carbocycles. The third-order valence-electron chi connectivity index (χ3n) is 3.45. The van der Waals surface area contributed by atoms with Crippen LogP contribution in [0.25, 0.3) is 0 Å². The molecule has 0 aliphatic carbocycles. The normalized spacial score (nSPS) is 19.6. The SMILES string of the molecule is CCONC(=O)[C@@H]1CCCN1S(=O)(=O)c1ccc(C)cc1. The van der Waals surface area contributed by atoms with Crippen LogP contribution in [0.5, 0.6) is 0 Å². The van der Waals surface area contributed by atoms with E-state index in [2.05, 4.69) is 5.48 Å². The summed E-state index contributed by atoms with van der Waals surface area (Å²) in [7, 11) is -3.66. The monoisotopic (exact) mass is 312 g/mol. The number of nitrogens with one attached hydrogen (secondary N) is 1. The van der Waals surface area contributed by atoms with Gasteiger partial charge in [-0.3, -0.25) is 9.63 Å². The topological polar surface area (TPSA) is 75.7 Å². The average Bonchev–Trinajstić information content (AvgIpc) is 2.95. The van der Waals surface area contributed by atoms with E-state index in [9.17, 15) is 13.2 Å². The van der Waals surface area contributed by atoms with Gasteiger partial charge in [-0.2, -0.15) is 4.31 Å². The highest BCUT2D eigenvalue weighted by Gasteiger charge is 2.39. The summed E-state index contributed by atoms with van der Waals surface area (Å²) in [6.45, 7) is 4.32. The first kappa shape index (κ1) is 15.9. The van der Waals surface area contributed by atoms with Crippen LogP contribution in [0.15, 0.2) is 29.2 Å². The van der Waals surface area contributed by atoms with Crippen LogP contribution in [0.2, 0.25) is 0 Å². The van der Waals surface area contributed by atoms with Gasteiger partial charge in [0.05, 0.1) is 11.5 Å². The van der Waals surface area contributed by atoms with Crippen molar-refractivity contribution in [2.45, 2.75) is 37.6 Å². The minimum atomic E-state index is -3.66. The Hall–Kier alpha value is -1.44. The molecule has 1 saturated heterocycles. The number of sulfonamides is 1. The summed E-state index contributed by atoms with van der Waals surface area (Å²) in [6.07, 6.45) is 1.17. The van der Waals surface area contributed by atoms with Gasteiger partial charge in [0.2, 0.25) is 10.0 Å². The van der Waals surface area contributed by atoms with Crippen molar-refractivity contribution < 1.29 is 18.0 Å². The lowest BCUT2D eigenvalue weighted by atomic mass is 10.2. The number of amides is 1. The molecule has 7 heteroatoms. The fourth-order valence-electron chi connectivity index (χ4n) is 2.35. The summed E-state index contributed by atoms with van der Waals surface area (Å²) in [5.41, 5.74) is 3.28. The van der Waals surface area contributed by atoms with Crippen molar-refractivity contribution in [2.75, 3.05) is 13.2 Å². The second kappa shape index (κ2) is 6.55. The highest BCUT2D eigenvalue weighted by Crippen LogP contribution is 2.26. The Balaban J connectivity index is 2.22. The number of benzene rings is 1. The van der Waals surface area contributed by atoms with Crippen molar-refractivity contribution in [2.24, 2.45) is 0 Å². The summed E-state index contributed by atoms with van der Waals surface area (Å²) in [4.78, 5) is 17.1. The van der Waals surface area contributed by atoms with Crippen molar-refractivity contribution in [1.29, 1.82) is 0 Å². The van der Waals surface area contributed by atoms with Crippen LogP contribution < -0.4 is 5.48 Å². The second-order valence-corrected chi connectivity index (χ2v) is 6.88. The first-order valence-electron chi connectivity index (χ1n) is 6.97. The van der Waals surface area contributed by atoms with Gasteiger partial charge in [-0.15, -0.1) is 0 Å². The second-order valence-electron chi connectivity index (χ2n) is 4.99. The fourth-order valence-corrected chi connectivity index (χ4v) is 4.00. The molecule has 0 bridgehead atoms. The Morgan fingerprint density at radius 1 is 1.38 bits per heavy atom. The maximum absolute atomic E-state index is 12.6. The number of hydroxylamine groups is 1. The summed E-state index contributed by atoms with van der Waals surface area (Å²) >= 11 is 0. The van der Waals surface area contributed by atoms with Gasteiger partial charge in [0.25, 0.3) is 5.91 Å². The Morgan fingerprint density at radius 3 is 2.67 bits per heavy atom. The minimum Gasteiger partial charge on any atom is -0.274 e. The summed E-state index contributed by atoms with van der Waals surface area (Å²) in [6, 6.07) is 5.93. The molecule has 1 aliphatic rings. The minimum absolute atomic E-state index is 0.212. The maximum atomic E-state index is 12.6. The Morgan fingerprint density at radius 2 is 2.05 bits per heavy atom. The lowest BCUT2D eigenvalue weighted by molar-refractivity contribution is -0.136. The van der Waals surface area contributed by atoms with Gasteiger partial charge in [-0.05, 0) is 38.8 Å². The maximum Gasteiger partial charge on any atom is 0.261 e. The zero-order valence-electron chi connectivity index (χ0n) is 12.2. The average molecular weight is 312 g/mol. The molecule has 1 aromatic rings. The molecule has 0 unspecified atom stereocenters. The molecular weight excluding hydrogens is 292 g/mol. The van der Waals surface area contributed by atoms with E-state index in [1.165, 1.54) is 4.31 Å². The zero-order chi connectivity index (χ0) is 15.5. The van der Waals surface area contributed by atoms with Crippen LogP contribution in [0, 0.1) is 6.92 Å². The third kappa shape index (κ3) is 3.42. The molecule has 1 atom stereocenters. The first-order valence-corrected chi connectivity index (χ1v) is 8.41. The molecule has 0 spiro atoms. The highest BCUT2D eigenvalue weighted by atomic mass is 32.2. The van der Waals surface area contributed by atoms with E-state index in [0.29, 0.717) is 26.0 Å². The van der Waals surface area contributed by atoms with E-state index >= 15 is 0 Å². The van der Waals surface area contributed by atoms with Crippen LogP contribution in [0.4, 0.5) is 0 Å². The molecule has 1 N–H and O–H groups in total. The number of aryl methyl sites for hydroxylation is 1. The van der Waals surface area contributed by atoms with Crippen molar-refractivity contribution in [3.63, 3.8) is 0 Å². The molecule has 0 saturated carbocycles. The quantitative estimate of drug-likeness (QED) is 0.829. The van der Waals surface area contributed by atoms with Gasteiger partial charge in [-0.1, -0.05) is 17.7 Å². The third-order valence-corrected chi connectivity index (χ3v) is 5.37. The van der Waals surface area contributed by atoms with Gasteiger partial charge >= 0.3 is 0 Å². The van der Waals surface area contributed by atoms with Crippen LogP contribution in [0.1, 0.15) is 25.3 Å². The van der Waals surface area contributed by atoms with Gasteiger partial charge < -0.3 is 0 Å². The Kier molecular flexibility index (Phi) is 4.97. The molecule has 1 aliphatic heterocycles. The van der Waals surface area contributed by atoms with Crippen LogP contribution in [-0.2, 0) is 19.7 Å². The molecule has 21 heavy (non-hydrogen) atoms. The smallest absolute Gasteiger partial charge is 0.261 e. The van der Waals surface area contributed by atoms with Crippen LogP contribution in [-0.4, -0.2) is 37.8 Å². The zero-order valence-corrected chi connectivity index (χ0v) is 13.0. The predicted molar refractivity (Wildman–Crippen MR) is 77.9 cm³/mol. The van der Waals surface area contributed by atoms with E-state index in [0.717, 1.165) is 5.56 Å². The standard InChI is InChI=1S/C14H20N2O4S/c1-3-20-15-14(17)13-5-4-10-16(13)21(18,19)12-8-6-11(2)7-9-12/h6-9,13H,3-5,10H2,1-2H3,(H,15,17)/t13-/m0/s1. The molecule has 116 valence electrons. The number of rotatable bonds is 5. The molecular formula is C14H20N2O4S. The van der Waals surface area contributed by atoms with Gasteiger partial charge in [0.1, 0.15) is 6.04 Å². The molecule has 1 heterocycles. The van der Waals surface area contributed by atoms with Crippen molar-refractivity contribution in [3.05, 3.63) is 29.8 Å². The van der Waals surface area contributed by atoms with Gasteiger partial charge in [0.15, 0.2) is 0 Å². The van der Waals surface area contributed by atoms with Crippen molar-refractivity contribution in [3.8, 4) is 0 Å². The lowest BCUT2D eigenvalue weighted by Crippen LogP contribution is -2.45. The van der Waals surface area contributed by atoms with Crippen molar-refractivity contribution >= 4 is 15.9 Å². The fraction of sp³-hybridized carbons (Fsp3) is 0.500. The summed E-state index contributed by atoms with van der Waals surface area (Å²) in [5.74, 6) is -0.412. The van der Waals surface area contributed by atoms with E-state index in [1.807, 2.05) is 6.92 Å². The van der Waals surface area contributed by atoms with Crippen LogP contribution in [0.3, 0.4) is 0 Å². The van der Waals surface area contributed by atoms with Crippen LogP contribution >= 0.6 is 0 Å². The van der Waals surface area contributed by atoms with Crippen molar-refractivity contribution in [1.82, 2.24) is 9.79 Å². The largest absolute Gasteiger partial charge is 0.274 e. The Labute approximate surface area is 125 Å². The number of carbonyl (C=O) groups is 1. The molecule has 1 amide bonds. The summed E-state index contributed by atoms with van der Waals surface area (Å²) < 4.78 is 26.5. The Bertz CT molecular complexity index is 598. The molecule has 0 radical (unpaired) electrons. The summed E-state index contributed by atoms with van der Waals surface area (Å²) in [5, 5.41) is 0. The molecule has 0 aromatic heterocycles. The van der Waals surface area contributed by atoms with E-state index < -0.39 is 22.0 Å². The van der Waals surface area contributed by atoms with Gasteiger partial charge in [0, 0.05) is 6.54 Å². The highest BCUT2D eigenvalue weighted by molar-refractivity contribution is 7.89. The number of nitrogens with zero attached hydrogens (tertiary/aromatic N) is 1. The number of hydrogen-bond acceptors (Lipinski definition) is 4. The number of hydrogen-bond donors (Lipinski definition) is 1. The molecule has 1 fully saturated rings. The molecule has 2 rings (SSSR count). The lowest BCUT2D eigenvalue weighted by Gasteiger charge is -2.23. The molecule has 6 nitrogen and oxygen atoms in total.